The minimum atomic E-state index is 0.579. The van der Waals surface area contributed by atoms with Gasteiger partial charge in [0, 0.05) is 12.5 Å². The summed E-state index contributed by atoms with van der Waals surface area (Å²) < 4.78 is 5.37. The third-order valence-corrected chi connectivity index (χ3v) is 4.15. The zero-order valence-electron chi connectivity index (χ0n) is 11.8. The molecule has 2 aliphatic rings. The minimum absolute atomic E-state index is 0.579. The van der Waals surface area contributed by atoms with E-state index in [-0.39, 0.29) is 0 Å². The van der Waals surface area contributed by atoms with Crippen LogP contribution in [-0.2, 0) is 6.54 Å². The van der Waals surface area contributed by atoms with Crippen LogP contribution in [0.4, 0.5) is 0 Å². The van der Waals surface area contributed by atoms with Crippen LogP contribution in [0.25, 0.3) is 0 Å². The molecule has 0 aromatic carbocycles. The number of hydrogen-bond acceptors (Lipinski definition) is 5. The van der Waals surface area contributed by atoms with E-state index in [0.717, 1.165) is 43.8 Å². The Balaban J connectivity index is 1.52. The predicted molar refractivity (Wildman–Crippen MR) is 72.8 cm³/mol. The third kappa shape index (κ3) is 3.54. The van der Waals surface area contributed by atoms with Gasteiger partial charge in [0.1, 0.15) is 0 Å². The summed E-state index contributed by atoms with van der Waals surface area (Å²) in [5, 5.41) is 7.56. The highest BCUT2D eigenvalue weighted by Gasteiger charge is 2.29. The van der Waals surface area contributed by atoms with Crippen LogP contribution in [0.15, 0.2) is 4.52 Å². The average Bonchev–Trinajstić information content (AvgIpc) is 3.20. The van der Waals surface area contributed by atoms with Crippen LogP contribution in [0.1, 0.15) is 50.2 Å². The van der Waals surface area contributed by atoms with Crippen molar-refractivity contribution in [2.45, 2.75) is 45.1 Å². The number of aromatic nitrogens is 2. The van der Waals surface area contributed by atoms with Gasteiger partial charge in [-0.2, -0.15) is 4.98 Å². The van der Waals surface area contributed by atoms with Gasteiger partial charge in [-0.25, -0.2) is 0 Å². The SMILES string of the molecule is CCN(Cc1nc(C2CC2)no1)CC1CCCNC1. The van der Waals surface area contributed by atoms with E-state index < -0.39 is 0 Å². The zero-order valence-corrected chi connectivity index (χ0v) is 11.8. The molecule has 106 valence electrons. The van der Waals surface area contributed by atoms with Crippen LogP contribution in [0, 0.1) is 5.92 Å². The molecule has 1 saturated carbocycles. The molecule has 1 aliphatic heterocycles. The Hall–Kier alpha value is -0.940. The first-order valence-electron chi connectivity index (χ1n) is 7.60. The van der Waals surface area contributed by atoms with Crippen molar-refractivity contribution < 1.29 is 4.52 Å². The van der Waals surface area contributed by atoms with Crippen molar-refractivity contribution in [3.63, 3.8) is 0 Å². The lowest BCUT2D eigenvalue weighted by molar-refractivity contribution is 0.187. The Morgan fingerprint density at radius 3 is 2.95 bits per heavy atom. The van der Waals surface area contributed by atoms with E-state index in [4.69, 9.17) is 4.52 Å². The van der Waals surface area contributed by atoms with Gasteiger partial charge in [-0.3, -0.25) is 4.90 Å². The molecule has 1 N–H and O–H groups in total. The zero-order chi connectivity index (χ0) is 13.1. The molecule has 0 bridgehead atoms. The second kappa shape index (κ2) is 6.01. The molecule has 1 aromatic heterocycles. The van der Waals surface area contributed by atoms with Gasteiger partial charge in [0.05, 0.1) is 6.54 Å². The fraction of sp³-hybridized carbons (Fsp3) is 0.857. The Morgan fingerprint density at radius 2 is 2.26 bits per heavy atom. The van der Waals surface area contributed by atoms with Crippen LogP contribution in [0.3, 0.4) is 0 Å². The quantitative estimate of drug-likeness (QED) is 0.848. The Bertz CT molecular complexity index is 396. The van der Waals surface area contributed by atoms with Gasteiger partial charge in [-0.1, -0.05) is 12.1 Å². The molecule has 5 heteroatoms. The highest BCUT2D eigenvalue weighted by atomic mass is 16.5. The van der Waals surface area contributed by atoms with Crippen LogP contribution in [0.5, 0.6) is 0 Å². The van der Waals surface area contributed by atoms with Crippen LogP contribution < -0.4 is 5.32 Å². The van der Waals surface area contributed by atoms with Gasteiger partial charge >= 0.3 is 0 Å². The molecular weight excluding hydrogens is 240 g/mol. The first-order valence-corrected chi connectivity index (χ1v) is 7.60. The smallest absolute Gasteiger partial charge is 0.240 e. The number of piperidine rings is 1. The lowest BCUT2D eigenvalue weighted by Gasteiger charge is -2.28. The molecule has 1 aromatic rings. The highest BCUT2D eigenvalue weighted by Crippen LogP contribution is 2.38. The number of nitrogens with zero attached hydrogens (tertiary/aromatic N) is 3. The molecule has 0 radical (unpaired) electrons. The maximum absolute atomic E-state index is 5.37. The summed E-state index contributed by atoms with van der Waals surface area (Å²) in [6.07, 6.45) is 5.09. The van der Waals surface area contributed by atoms with E-state index in [1.54, 1.807) is 0 Å². The van der Waals surface area contributed by atoms with Crippen molar-refractivity contribution in [1.82, 2.24) is 20.4 Å². The van der Waals surface area contributed by atoms with Crippen LogP contribution >= 0.6 is 0 Å². The average molecular weight is 264 g/mol. The van der Waals surface area contributed by atoms with E-state index in [2.05, 4.69) is 27.3 Å². The number of nitrogens with one attached hydrogen (secondary N) is 1. The lowest BCUT2D eigenvalue weighted by Crippen LogP contribution is -2.38. The normalized spacial score (nSPS) is 24.0. The Labute approximate surface area is 114 Å². The van der Waals surface area contributed by atoms with Gasteiger partial charge in [0.25, 0.3) is 0 Å². The van der Waals surface area contributed by atoms with Gasteiger partial charge < -0.3 is 9.84 Å². The fourth-order valence-corrected chi connectivity index (χ4v) is 2.78. The largest absolute Gasteiger partial charge is 0.338 e. The van der Waals surface area contributed by atoms with E-state index in [1.165, 1.54) is 32.2 Å². The summed E-state index contributed by atoms with van der Waals surface area (Å²) in [5.74, 6) is 3.05. The molecule has 2 fully saturated rings. The second-order valence-corrected chi connectivity index (χ2v) is 5.86. The van der Waals surface area contributed by atoms with Gasteiger partial charge in [0.2, 0.25) is 5.89 Å². The highest BCUT2D eigenvalue weighted by molar-refractivity contribution is 5.03. The lowest BCUT2D eigenvalue weighted by atomic mass is 9.99. The molecule has 0 spiro atoms. The Kier molecular flexibility index (Phi) is 4.13. The van der Waals surface area contributed by atoms with Crippen molar-refractivity contribution in [3.8, 4) is 0 Å². The standard InChI is InChI=1S/C14H24N4O/c1-2-18(9-11-4-3-7-15-8-11)10-13-16-14(17-19-13)12-5-6-12/h11-12,15H,2-10H2,1H3. The first kappa shape index (κ1) is 13.1. The monoisotopic (exact) mass is 264 g/mol. The summed E-state index contributed by atoms with van der Waals surface area (Å²) in [7, 11) is 0. The van der Waals surface area contributed by atoms with Crippen molar-refractivity contribution in [3.05, 3.63) is 11.7 Å². The summed E-state index contributed by atoms with van der Waals surface area (Å²) >= 11 is 0. The molecule has 5 nitrogen and oxygen atoms in total. The third-order valence-electron chi connectivity index (χ3n) is 4.15. The van der Waals surface area contributed by atoms with Gasteiger partial charge in [0.15, 0.2) is 5.82 Å². The van der Waals surface area contributed by atoms with Crippen molar-refractivity contribution in [2.75, 3.05) is 26.2 Å². The Morgan fingerprint density at radius 1 is 1.37 bits per heavy atom. The maximum Gasteiger partial charge on any atom is 0.240 e. The fourth-order valence-electron chi connectivity index (χ4n) is 2.78. The summed E-state index contributed by atoms with van der Waals surface area (Å²) in [6.45, 7) is 7.49. The molecule has 1 aliphatic carbocycles. The van der Waals surface area contributed by atoms with E-state index >= 15 is 0 Å². The molecular formula is C14H24N4O. The molecule has 3 rings (SSSR count). The van der Waals surface area contributed by atoms with Crippen LogP contribution in [0.2, 0.25) is 0 Å². The molecule has 0 amide bonds. The van der Waals surface area contributed by atoms with E-state index in [1.807, 2.05) is 0 Å². The van der Waals surface area contributed by atoms with Gasteiger partial charge in [-0.15, -0.1) is 0 Å². The molecule has 1 saturated heterocycles. The number of hydrogen-bond donors (Lipinski definition) is 1. The second-order valence-electron chi connectivity index (χ2n) is 5.86. The first-order chi connectivity index (χ1) is 9.35. The maximum atomic E-state index is 5.37. The molecule has 2 heterocycles. The molecule has 1 unspecified atom stereocenters. The number of rotatable bonds is 6. The topological polar surface area (TPSA) is 54.2 Å². The van der Waals surface area contributed by atoms with E-state index in [9.17, 15) is 0 Å². The van der Waals surface area contributed by atoms with E-state index in [0.29, 0.717) is 5.92 Å². The van der Waals surface area contributed by atoms with Crippen molar-refractivity contribution in [1.29, 1.82) is 0 Å². The summed E-state index contributed by atoms with van der Waals surface area (Å²) in [4.78, 5) is 6.94. The van der Waals surface area contributed by atoms with Gasteiger partial charge in [-0.05, 0) is 51.2 Å². The predicted octanol–water partition coefficient (Wildman–Crippen LogP) is 1.77. The molecule has 1 atom stereocenters. The van der Waals surface area contributed by atoms with Crippen molar-refractivity contribution >= 4 is 0 Å². The summed E-state index contributed by atoms with van der Waals surface area (Å²) in [6, 6.07) is 0. The molecule has 19 heavy (non-hydrogen) atoms. The summed E-state index contributed by atoms with van der Waals surface area (Å²) in [5.41, 5.74) is 0. The van der Waals surface area contributed by atoms with Crippen LogP contribution in [-0.4, -0.2) is 41.2 Å². The minimum Gasteiger partial charge on any atom is -0.338 e. The van der Waals surface area contributed by atoms with Crippen molar-refractivity contribution in [2.24, 2.45) is 5.92 Å².